The molecule has 1 rings (SSSR count). The number of hydrogen-bond donors (Lipinski definition) is 2. The Morgan fingerprint density at radius 1 is 1.23 bits per heavy atom. The highest BCUT2D eigenvalue weighted by molar-refractivity contribution is 5.68. The lowest BCUT2D eigenvalue weighted by molar-refractivity contribution is 0.0398. The van der Waals surface area contributed by atoms with Gasteiger partial charge in [0.05, 0.1) is 12.1 Å². The van der Waals surface area contributed by atoms with Gasteiger partial charge in [-0.2, -0.15) is 0 Å². The molecule has 2 atom stereocenters. The van der Waals surface area contributed by atoms with E-state index in [9.17, 15) is 9.90 Å². The Morgan fingerprint density at radius 3 is 2.32 bits per heavy atom. The van der Waals surface area contributed by atoms with Gasteiger partial charge in [0.25, 0.3) is 0 Å². The van der Waals surface area contributed by atoms with Crippen LogP contribution < -0.4 is 5.32 Å². The van der Waals surface area contributed by atoms with Crippen LogP contribution in [0.15, 0.2) is 30.3 Å². The maximum atomic E-state index is 12.0. The van der Waals surface area contributed by atoms with Crippen molar-refractivity contribution in [3.8, 4) is 0 Å². The average molecular weight is 307 g/mol. The molecule has 0 bridgehead atoms. The van der Waals surface area contributed by atoms with Gasteiger partial charge in [0, 0.05) is 0 Å². The predicted molar refractivity (Wildman–Crippen MR) is 88.8 cm³/mol. The highest BCUT2D eigenvalue weighted by Gasteiger charge is 2.25. The number of amides is 1. The molecular weight excluding hydrogens is 278 g/mol. The first-order valence-electron chi connectivity index (χ1n) is 7.89. The summed E-state index contributed by atoms with van der Waals surface area (Å²) in [5, 5.41) is 13.2. The number of benzene rings is 1. The molecule has 124 valence electrons. The molecule has 22 heavy (non-hydrogen) atoms. The number of aliphatic hydroxyl groups is 1. The van der Waals surface area contributed by atoms with Crippen LogP contribution in [0.4, 0.5) is 4.79 Å². The Balaban J connectivity index is 2.75. The van der Waals surface area contributed by atoms with Crippen molar-refractivity contribution >= 4 is 6.09 Å². The molecule has 0 radical (unpaired) electrons. The van der Waals surface area contributed by atoms with Crippen LogP contribution in [-0.2, 0) is 11.2 Å². The fourth-order valence-electron chi connectivity index (χ4n) is 2.26. The van der Waals surface area contributed by atoms with E-state index >= 15 is 0 Å². The Hall–Kier alpha value is -1.55. The largest absolute Gasteiger partial charge is 0.444 e. The molecule has 0 heterocycles. The second kappa shape index (κ2) is 8.18. The van der Waals surface area contributed by atoms with Gasteiger partial charge in [0.15, 0.2) is 0 Å². The third-order valence-corrected chi connectivity index (χ3v) is 3.18. The van der Waals surface area contributed by atoms with Crippen LogP contribution in [-0.4, -0.2) is 28.9 Å². The van der Waals surface area contributed by atoms with Gasteiger partial charge in [-0.15, -0.1) is 0 Å². The lowest BCUT2D eigenvalue weighted by Gasteiger charge is -2.27. The minimum Gasteiger partial charge on any atom is -0.444 e. The maximum Gasteiger partial charge on any atom is 0.407 e. The monoisotopic (exact) mass is 307 g/mol. The first-order valence-corrected chi connectivity index (χ1v) is 7.89. The molecule has 0 saturated carbocycles. The van der Waals surface area contributed by atoms with Gasteiger partial charge >= 0.3 is 6.09 Å². The first kappa shape index (κ1) is 18.5. The molecule has 0 saturated heterocycles. The molecule has 2 N–H and O–H groups in total. The second-order valence-electron chi connectivity index (χ2n) is 7.14. The molecule has 0 aromatic heterocycles. The SMILES string of the molecule is CC(C)C[C@@H](O)[C@@H](Cc1ccccc1)NC(=O)OC(C)(C)C. The van der Waals surface area contributed by atoms with Crippen molar-refractivity contribution in [2.24, 2.45) is 5.92 Å². The van der Waals surface area contributed by atoms with Crippen LogP contribution in [0.25, 0.3) is 0 Å². The van der Waals surface area contributed by atoms with Gasteiger partial charge in [-0.25, -0.2) is 4.79 Å². The zero-order chi connectivity index (χ0) is 16.8. The van der Waals surface area contributed by atoms with Crippen LogP contribution in [0, 0.1) is 5.92 Å². The Labute approximate surface area is 133 Å². The standard InChI is InChI=1S/C18H29NO3/c1-13(2)11-16(20)15(12-14-9-7-6-8-10-14)19-17(21)22-18(3,4)5/h6-10,13,15-16,20H,11-12H2,1-5H3,(H,19,21)/t15-,16-/m1/s1. The molecule has 0 aliphatic rings. The topological polar surface area (TPSA) is 58.6 Å². The lowest BCUT2D eigenvalue weighted by atomic mass is 9.95. The minimum absolute atomic E-state index is 0.355. The molecule has 0 aliphatic heterocycles. The van der Waals surface area contributed by atoms with E-state index in [1.54, 1.807) is 0 Å². The van der Waals surface area contributed by atoms with E-state index in [1.807, 2.05) is 51.1 Å². The number of carbonyl (C=O) groups excluding carboxylic acids is 1. The zero-order valence-electron chi connectivity index (χ0n) is 14.3. The molecule has 1 aromatic rings. The molecule has 0 aliphatic carbocycles. The molecule has 0 spiro atoms. The smallest absolute Gasteiger partial charge is 0.407 e. The molecule has 1 amide bonds. The van der Waals surface area contributed by atoms with Crippen LogP contribution >= 0.6 is 0 Å². The van der Waals surface area contributed by atoms with Crippen molar-refractivity contribution in [3.05, 3.63) is 35.9 Å². The minimum atomic E-state index is -0.604. The summed E-state index contributed by atoms with van der Waals surface area (Å²) in [6.45, 7) is 9.57. The van der Waals surface area contributed by atoms with E-state index in [2.05, 4.69) is 19.2 Å². The van der Waals surface area contributed by atoms with Gasteiger partial charge in [-0.1, -0.05) is 44.2 Å². The Morgan fingerprint density at radius 2 is 1.82 bits per heavy atom. The van der Waals surface area contributed by atoms with Crippen molar-refractivity contribution < 1.29 is 14.6 Å². The van der Waals surface area contributed by atoms with E-state index in [1.165, 1.54) is 0 Å². The molecule has 1 aromatic carbocycles. The van der Waals surface area contributed by atoms with Crippen LogP contribution in [0.5, 0.6) is 0 Å². The summed E-state index contributed by atoms with van der Waals surface area (Å²) in [6, 6.07) is 9.48. The second-order valence-corrected chi connectivity index (χ2v) is 7.14. The number of carbonyl (C=O) groups is 1. The molecule has 0 unspecified atom stereocenters. The Kier molecular flexibility index (Phi) is 6.88. The zero-order valence-corrected chi connectivity index (χ0v) is 14.3. The van der Waals surface area contributed by atoms with Gasteiger partial charge in [0.2, 0.25) is 0 Å². The summed E-state index contributed by atoms with van der Waals surface area (Å²) in [5.74, 6) is 0.355. The van der Waals surface area contributed by atoms with Gasteiger partial charge in [-0.05, 0) is 45.1 Å². The van der Waals surface area contributed by atoms with E-state index in [0.717, 1.165) is 5.56 Å². The van der Waals surface area contributed by atoms with Gasteiger partial charge in [-0.3, -0.25) is 0 Å². The first-order chi connectivity index (χ1) is 10.2. The van der Waals surface area contributed by atoms with Gasteiger partial charge < -0.3 is 15.2 Å². The fraction of sp³-hybridized carbons (Fsp3) is 0.611. The van der Waals surface area contributed by atoms with E-state index < -0.39 is 17.8 Å². The highest BCUT2D eigenvalue weighted by atomic mass is 16.6. The number of ether oxygens (including phenoxy) is 1. The summed E-state index contributed by atoms with van der Waals surface area (Å²) in [5.41, 5.74) is 0.524. The molecule has 4 nitrogen and oxygen atoms in total. The lowest BCUT2D eigenvalue weighted by Crippen LogP contribution is -2.47. The quantitative estimate of drug-likeness (QED) is 0.845. The third-order valence-electron chi connectivity index (χ3n) is 3.18. The van der Waals surface area contributed by atoms with Crippen molar-refractivity contribution in [2.45, 2.75) is 65.2 Å². The molecule has 4 heteroatoms. The fourth-order valence-corrected chi connectivity index (χ4v) is 2.26. The number of nitrogens with one attached hydrogen (secondary N) is 1. The van der Waals surface area contributed by atoms with E-state index in [0.29, 0.717) is 18.8 Å². The molecule has 0 fully saturated rings. The molecular formula is C18H29NO3. The van der Waals surface area contributed by atoms with Crippen molar-refractivity contribution in [1.82, 2.24) is 5.32 Å². The number of aliphatic hydroxyl groups excluding tert-OH is 1. The third kappa shape index (κ3) is 7.46. The van der Waals surface area contributed by atoms with Gasteiger partial charge in [0.1, 0.15) is 5.60 Å². The summed E-state index contributed by atoms with van der Waals surface area (Å²) in [4.78, 5) is 12.0. The number of alkyl carbamates (subject to hydrolysis) is 1. The van der Waals surface area contributed by atoms with E-state index in [4.69, 9.17) is 4.74 Å². The van der Waals surface area contributed by atoms with E-state index in [-0.39, 0.29) is 6.04 Å². The highest BCUT2D eigenvalue weighted by Crippen LogP contribution is 2.14. The normalized spacial score (nSPS) is 14.5. The average Bonchev–Trinajstić information content (AvgIpc) is 2.36. The van der Waals surface area contributed by atoms with Crippen LogP contribution in [0.1, 0.15) is 46.6 Å². The summed E-state index contributed by atoms with van der Waals surface area (Å²) in [7, 11) is 0. The summed E-state index contributed by atoms with van der Waals surface area (Å²) < 4.78 is 5.30. The van der Waals surface area contributed by atoms with Crippen LogP contribution in [0.2, 0.25) is 0 Å². The van der Waals surface area contributed by atoms with Crippen molar-refractivity contribution in [1.29, 1.82) is 0 Å². The van der Waals surface area contributed by atoms with Crippen LogP contribution in [0.3, 0.4) is 0 Å². The summed E-state index contributed by atoms with van der Waals surface area (Å²) >= 11 is 0. The predicted octanol–water partition coefficient (Wildman–Crippen LogP) is 3.53. The van der Waals surface area contributed by atoms with Crippen molar-refractivity contribution in [2.75, 3.05) is 0 Å². The maximum absolute atomic E-state index is 12.0. The number of hydrogen-bond acceptors (Lipinski definition) is 3. The summed E-state index contributed by atoms with van der Waals surface area (Å²) in [6.07, 6.45) is 0.116. The van der Waals surface area contributed by atoms with Crippen molar-refractivity contribution in [3.63, 3.8) is 0 Å². The Bertz CT molecular complexity index is 451. The number of rotatable bonds is 6.